The number of hydrogen-bond donors (Lipinski definition) is 1. The number of carbonyl (C=O) groups excluding carboxylic acids is 1. The lowest BCUT2D eigenvalue weighted by Gasteiger charge is -2.19. The van der Waals surface area contributed by atoms with Crippen molar-refractivity contribution in [3.8, 4) is 5.75 Å². The summed E-state index contributed by atoms with van der Waals surface area (Å²) in [4.78, 5) is 22.1. The van der Waals surface area contributed by atoms with Gasteiger partial charge < -0.3 is 9.72 Å². The predicted molar refractivity (Wildman–Crippen MR) is 95.3 cm³/mol. The molecule has 5 nitrogen and oxygen atoms in total. The van der Waals surface area contributed by atoms with Crippen LogP contribution >= 0.6 is 0 Å². The number of Topliss-reactive ketones (excluding diaryl/α,β-unsaturated/α-hetero) is 1. The molecule has 2 heterocycles. The SMILES string of the molecule is CC.CCCN(CCC)CC(=O)c1c[nH]c2ncc(OC)cc12. The monoisotopic (exact) mass is 319 g/mol. The smallest absolute Gasteiger partial charge is 0.179 e. The van der Waals surface area contributed by atoms with E-state index in [-0.39, 0.29) is 5.78 Å². The minimum Gasteiger partial charge on any atom is -0.495 e. The van der Waals surface area contributed by atoms with Crippen LogP contribution in [0.2, 0.25) is 0 Å². The van der Waals surface area contributed by atoms with Crippen LogP contribution in [0.1, 0.15) is 50.9 Å². The van der Waals surface area contributed by atoms with Gasteiger partial charge >= 0.3 is 0 Å². The summed E-state index contributed by atoms with van der Waals surface area (Å²) in [6, 6.07) is 1.86. The van der Waals surface area contributed by atoms with Crippen LogP contribution in [0.5, 0.6) is 5.75 Å². The Hall–Kier alpha value is -1.88. The summed E-state index contributed by atoms with van der Waals surface area (Å²) in [7, 11) is 1.60. The molecule has 2 rings (SSSR count). The molecule has 0 aliphatic heterocycles. The van der Waals surface area contributed by atoms with Crippen LogP contribution in [0.3, 0.4) is 0 Å². The van der Waals surface area contributed by atoms with Gasteiger partial charge in [-0.15, -0.1) is 0 Å². The van der Waals surface area contributed by atoms with Gasteiger partial charge in [-0.25, -0.2) is 4.98 Å². The summed E-state index contributed by atoms with van der Waals surface area (Å²) in [6.07, 6.45) is 5.50. The van der Waals surface area contributed by atoms with Crippen molar-refractivity contribution in [2.24, 2.45) is 0 Å². The molecule has 0 saturated heterocycles. The number of nitrogens with zero attached hydrogens (tertiary/aromatic N) is 2. The average Bonchev–Trinajstić information content (AvgIpc) is 3.00. The van der Waals surface area contributed by atoms with Gasteiger partial charge in [0.25, 0.3) is 0 Å². The number of H-pyrrole nitrogens is 1. The van der Waals surface area contributed by atoms with E-state index < -0.39 is 0 Å². The molecule has 0 aliphatic carbocycles. The van der Waals surface area contributed by atoms with Gasteiger partial charge in [0.1, 0.15) is 11.4 Å². The second-order valence-corrected chi connectivity index (χ2v) is 5.17. The Bertz CT molecular complexity index is 601. The van der Waals surface area contributed by atoms with Crippen LogP contribution < -0.4 is 4.74 Å². The highest BCUT2D eigenvalue weighted by atomic mass is 16.5. The summed E-state index contributed by atoms with van der Waals surface area (Å²) in [5, 5.41) is 0.826. The molecule has 0 unspecified atom stereocenters. The largest absolute Gasteiger partial charge is 0.495 e. The molecule has 0 fully saturated rings. The molecule has 128 valence electrons. The Morgan fingerprint density at radius 1 is 1.26 bits per heavy atom. The Morgan fingerprint density at radius 3 is 2.48 bits per heavy atom. The van der Waals surface area contributed by atoms with Crippen LogP contribution in [0, 0.1) is 0 Å². The highest BCUT2D eigenvalue weighted by molar-refractivity contribution is 6.08. The number of aromatic nitrogens is 2. The lowest BCUT2D eigenvalue weighted by molar-refractivity contribution is 0.0932. The summed E-state index contributed by atoms with van der Waals surface area (Å²) in [5.74, 6) is 0.785. The summed E-state index contributed by atoms with van der Waals surface area (Å²) >= 11 is 0. The molecule has 0 atom stereocenters. The quantitative estimate of drug-likeness (QED) is 0.750. The lowest BCUT2D eigenvalue weighted by Crippen LogP contribution is -2.31. The molecule has 2 aromatic rings. The van der Waals surface area contributed by atoms with E-state index in [1.807, 2.05) is 19.9 Å². The van der Waals surface area contributed by atoms with Crippen LogP contribution in [-0.2, 0) is 0 Å². The number of ketones is 1. The molecule has 0 aliphatic rings. The second-order valence-electron chi connectivity index (χ2n) is 5.17. The molecule has 0 saturated carbocycles. The topological polar surface area (TPSA) is 58.2 Å². The molecule has 0 amide bonds. The maximum atomic E-state index is 12.5. The standard InChI is InChI=1S/C16H23N3O2.C2H6/c1-4-6-19(7-5-2)11-15(20)14-10-18-16-13(14)8-12(21-3)9-17-16;1-2/h8-10H,4-7,11H2,1-3H3,(H,17,18);1-2H3. The van der Waals surface area contributed by atoms with Gasteiger partial charge in [0.05, 0.1) is 19.9 Å². The number of carbonyl (C=O) groups is 1. The Kier molecular flexibility index (Phi) is 8.33. The fraction of sp³-hybridized carbons (Fsp3) is 0.556. The Labute approximate surface area is 139 Å². The fourth-order valence-corrected chi connectivity index (χ4v) is 2.52. The van der Waals surface area contributed by atoms with Gasteiger partial charge in [0, 0.05) is 17.1 Å². The van der Waals surface area contributed by atoms with E-state index in [1.165, 1.54) is 0 Å². The first-order valence-corrected chi connectivity index (χ1v) is 8.46. The average molecular weight is 319 g/mol. The molecule has 0 aromatic carbocycles. The van der Waals surface area contributed by atoms with E-state index in [1.54, 1.807) is 19.5 Å². The van der Waals surface area contributed by atoms with Crippen LogP contribution in [0.25, 0.3) is 11.0 Å². The highest BCUT2D eigenvalue weighted by Gasteiger charge is 2.16. The number of fused-ring (bicyclic) bond motifs is 1. The second kappa shape index (κ2) is 10.0. The van der Waals surface area contributed by atoms with E-state index in [9.17, 15) is 4.79 Å². The Morgan fingerprint density at radius 2 is 1.91 bits per heavy atom. The normalized spacial score (nSPS) is 10.5. The summed E-state index contributed by atoms with van der Waals surface area (Å²) < 4.78 is 5.19. The molecule has 23 heavy (non-hydrogen) atoms. The van der Waals surface area contributed by atoms with Crippen LogP contribution in [-0.4, -0.2) is 47.4 Å². The molecule has 1 N–H and O–H groups in total. The predicted octanol–water partition coefficient (Wildman–Crippen LogP) is 3.90. The van der Waals surface area contributed by atoms with E-state index in [0.29, 0.717) is 17.9 Å². The molecule has 0 bridgehead atoms. The number of rotatable bonds is 8. The van der Waals surface area contributed by atoms with E-state index in [2.05, 4.69) is 28.7 Å². The van der Waals surface area contributed by atoms with Crippen molar-refractivity contribution in [3.63, 3.8) is 0 Å². The maximum Gasteiger partial charge on any atom is 0.179 e. The molecular weight excluding hydrogens is 290 g/mol. The zero-order valence-corrected chi connectivity index (χ0v) is 15.0. The fourth-order valence-electron chi connectivity index (χ4n) is 2.52. The van der Waals surface area contributed by atoms with E-state index in [4.69, 9.17) is 4.74 Å². The van der Waals surface area contributed by atoms with Crippen molar-refractivity contribution in [3.05, 3.63) is 24.0 Å². The van der Waals surface area contributed by atoms with Crippen molar-refractivity contribution in [2.75, 3.05) is 26.7 Å². The van der Waals surface area contributed by atoms with Gasteiger partial charge in [-0.1, -0.05) is 27.7 Å². The third-order valence-corrected chi connectivity index (χ3v) is 3.49. The van der Waals surface area contributed by atoms with Gasteiger partial charge in [0.2, 0.25) is 0 Å². The first-order valence-electron chi connectivity index (χ1n) is 8.46. The Balaban J connectivity index is 0.00000127. The molecular formula is C18H29N3O2. The van der Waals surface area contributed by atoms with Crippen molar-refractivity contribution < 1.29 is 9.53 Å². The third-order valence-electron chi connectivity index (χ3n) is 3.49. The van der Waals surface area contributed by atoms with Gasteiger partial charge in [-0.2, -0.15) is 0 Å². The number of aromatic amines is 1. The van der Waals surface area contributed by atoms with Crippen molar-refractivity contribution in [1.82, 2.24) is 14.9 Å². The molecule has 0 radical (unpaired) electrons. The molecule has 0 spiro atoms. The summed E-state index contributed by atoms with van der Waals surface area (Å²) in [6.45, 7) is 10.6. The minimum atomic E-state index is 0.123. The zero-order chi connectivity index (χ0) is 17.2. The van der Waals surface area contributed by atoms with Crippen molar-refractivity contribution >= 4 is 16.8 Å². The number of hydrogen-bond acceptors (Lipinski definition) is 4. The molecule has 2 aromatic heterocycles. The zero-order valence-electron chi connectivity index (χ0n) is 15.0. The van der Waals surface area contributed by atoms with Crippen LogP contribution in [0.15, 0.2) is 18.5 Å². The maximum absolute atomic E-state index is 12.5. The molecule has 5 heteroatoms. The van der Waals surface area contributed by atoms with Crippen LogP contribution in [0.4, 0.5) is 0 Å². The number of ether oxygens (including phenoxy) is 1. The highest BCUT2D eigenvalue weighted by Crippen LogP contribution is 2.22. The summed E-state index contributed by atoms with van der Waals surface area (Å²) in [5.41, 5.74) is 1.41. The van der Waals surface area contributed by atoms with Crippen molar-refractivity contribution in [1.29, 1.82) is 0 Å². The first kappa shape index (κ1) is 19.2. The minimum absolute atomic E-state index is 0.123. The van der Waals surface area contributed by atoms with Crippen molar-refractivity contribution in [2.45, 2.75) is 40.5 Å². The third kappa shape index (κ3) is 5.06. The van der Waals surface area contributed by atoms with Gasteiger partial charge in [0.15, 0.2) is 5.78 Å². The van der Waals surface area contributed by atoms with Gasteiger partial charge in [-0.3, -0.25) is 9.69 Å². The number of methoxy groups -OCH3 is 1. The van der Waals surface area contributed by atoms with E-state index >= 15 is 0 Å². The number of pyridine rings is 1. The van der Waals surface area contributed by atoms with Gasteiger partial charge in [-0.05, 0) is 32.0 Å². The lowest BCUT2D eigenvalue weighted by atomic mass is 10.1. The van der Waals surface area contributed by atoms with E-state index in [0.717, 1.165) is 37.0 Å². The number of nitrogens with one attached hydrogen (secondary N) is 1. The first-order chi connectivity index (χ1) is 11.2.